The van der Waals surface area contributed by atoms with Gasteiger partial charge >= 0.3 is 0 Å². The molecule has 106 valence electrons. The first-order chi connectivity index (χ1) is 9.27. The van der Waals surface area contributed by atoms with E-state index in [0.717, 1.165) is 12.6 Å². The van der Waals surface area contributed by atoms with Crippen LogP contribution in [0.1, 0.15) is 51.0 Å². The Morgan fingerprint density at radius 3 is 2.47 bits per heavy atom. The minimum Gasteiger partial charge on any atom is -0.329 e. The van der Waals surface area contributed by atoms with Crippen molar-refractivity contribution in [2.45, 2.75) is 57.5 Å². The summed E-state index contributed by atoms with van der Waals surface area (Å²) in [5, 5.41) is 0. The summed E-state index contributed by atoms with van der Waals surface area (Å²) in [6.45, 7) is 6.56. The van der Waals surface area contributed by atoms with Crippen LogP contribution in [0.25, 0.3) is 0 Å². The van der Waals surface area contributed by atoms with Crippen LogP contribution in [0.15, 0.2) is 30.3 Å². The van der Waals surface area contributed by atoms with E-state index in [-0.39, 0.29) is 0 Å². The molecule has 0 spiro atoms. The molecule has 1 saturated carbocycles. The number of hydrogen-bond acceptors (Lipinski definition) is 2. The summed E-state index contributed by atoms with van der Waals surface area (Å²) in [5.74, 6) is 0.517. The normalized spacial score (nSPS) is 18.5. The molecule has 1 fully saturated rings. The zero-order chi connectivity index (χ0) is 13.7. The van der Waals surface area contributed by atoms with Gasteiger partial charge in [0, 0.05) is 18.6 Å². The fourth-order valence-electron chi connectivity index (χ4n) is 2.97. The molecule has 1 aromatic rings. The lowest BCUT2D eigenvalue weighted by molar-refractivity contribution is 0.166. The molecular formula is C17H28N2. The number of nitrogens with two attached hydrogens (primary N) is 1. The van der Waals surface area contributed by atoms with Crippen LogP contribution < -0.4 is 5.73 Å². The number of hydrogen-bond donors (Lipinski definition) is 1. The average molecular weight is 260 g/mol. The Balaban J connectivity index is 2.08. The summed E-state index contributed by atoms with van der Waals surface area (Å²) in [6.07, 6.45) is 5.28. The van der Waals surface area contributed by atoms with Gasteiger partial charge in [-0.3, -0.25) is 4.90 Å². The fourth-order valence-corrected chi connectivity index (χ4v) is 2.97. The molecule has 0 aliphatic heterocycles. The highest BCUT2D eigenvalue weighted by molar-refractivity contribution is 5.21. The molecule has 0 bridgehead atoms. The van der Waals surface area contributed by atoms with Crippen molar-refractivity contribution in [3.63, 3.8) is 0 Å². The van der Waals surface area contributed by atoms with Crippen LogP contribution >= 0.6 is 0 Å². The maximum absolute atomic E-state index is 6.11. The molecule has 0 saturated heterocycles. The smallest absolute Gasteiger partial charge is 0.0287 e. The van der Waals surface area contributed by atoms with Gasteiger partial charge < -0.3 is 5.73 Å². The number of rotatable bonds is 8. The van der Waals surface area contributed by atoms with E-state index >= 15 is 0 Å². The van der Waals surface area contributed by atoms with Crippen LogP contribution in [0.3, 0.4) is 0 Å². The van der Waals surface area contributed by atoms with Crippen LogP contribution in [0.5, 0.6) is 0 Å². The van der Waals surface area contributed by atoms with Gasteiger partial charge in [-0.25, -0.2) is 0 Å². The van der Waals surface area contributed by atoms with Gasteiger partial charge in [0.2, 0.25) is 0 Å². The summed E-state index contributed by atoms with van der Waals surface area (Å²) in [7, 11) is 0. The minimum atomic E-state index is 0.487. The van der Waals surface area contributed by atoms with Crippen LogP contribution in [0, 0.1) is 0 Å². The van der Waals surface area contributed by atoms with Gasteiger partial charge in [0.25, 0.3) is 0 Å². The molecular weight excluding hydrogens is 232 g/mol. The fraction of sp³-hybridized carbons (Fsp3) is 0.647. The Bertz CT molecular complexity index is 359. The van der Waals surface area contributed by atoms with Crippen LogP contribution in [-0.2, 0) is 0 Å². The van der Waals surface area contributed by atoms with Gasteiger partial charge in [-0.2, -0.15) is 0 Å². The Labute approximate surface area is 118 Å². The number of benzene rings is 1. The largest absolute Gasteiger partial charge is 0.329 e. The highest BCUT2D eigenvalue weighted by Crippen LogP contribution is 2.33. The second-order valence-electron chi connectivity index (χ2n) is 5.82. The SMILES string of the molecule is CCCCN(C1CC1)C(CN)C(C)c1ccccc1. The summed E-state index contributed by atoms with van der Waals surface area (Å²) in [6, 6.07) is 12.1. The van der Waals surface area contributed by atoms with E-state index in [4.69, 9.17) is 5.73 Å². The summed E-state index contributed by atoms with van der Waals surface area (Å²) < 4.78 is 0. The molecule has 2 rings (SSSR count). The van der Waals surface area contributed by atoms with Gasteiger partial charge in [0.15, 0.2) is 0 Å². The third-order valence-corrected chi connectivity index (χ3v) is 4.36. The number of nitrogens with zero attached hydrogens (tertiary/aromatic N) is 1. The molecule has 0 heterocycles. The van der Waals surface area contributed by atoms with Crippen molar-refractivity contribution >= 4 is 0 Å². The second kappa shape index (κ2) is 7.06. The lowest BCUT2D eigenvalue weighted by atomic mass is 9.91. The standard InChI is InChI=1S/C17H28N2/c1-3-4-12-19(16-10-11-16)17(13-18)14(2)15-8-6-5-7-9-15/h5-9,14,16-17H,3-4,10-13,18H2,1-2H3. The van der Waals surface area contributed by atoms with Crippen molar-refractivity contribution in [1.29, 1.82) is 0 Å². The molecule has 1 aliphatic carbocycles. The Hall–Kier alpha value is -0.860. The van der Waals surface area contributed by atoms with E-state index in [9.17, 15) is 0 Å². The van der Waals surface area contributed by atoms with E-state index < -0.39 is 0 Å². The predicted octanol–water partition coefficient (Wildman–Crippen LogP) is 3.38. The van der Waals surface area contributed by atoms with E-state index in [2.05, 4.69) is 49.1 Å². The van der Waals surface area contributed by atoms with Crippen molar-refractivity contribution in [1.82, 2.24) is 4.90 Å². The second-order valence-corrected chi connectivity index (χ2v) is 5.82. The Morgan fingerprint density at radius 1 is 1.26 bits per heavy atom. The van der Waals surface area contributed by atoms with Crippen LogP contribution in [0.2, 0.25) is 0 Å². The molecule has 2 atom stereocenters. The molecule has 2 unspecified atom stereocenters. The quantitative estimate of drug-likeness (QED) is 0.776. The van der Waals surface area contributed by atoms with E-state index in [1.807, 2.05) is 0 Å². The predicted molar refractivity (Wildman–Crippen MR) is 82.3 cm³/mol. The molecule has 0 amide bonds. The lowest BCUT2D eigenvalue weighted by Crippen LogP contribution is -2.45. The molecule has 0 aromatic heterocycles. The molecule has 2 N–H and O–H groups in total. The number of unbranched alkanes of at least 4 members (excludes halogenated alkanes) is 1. The minimum absolute atomic E-state index is 0.487. The first-order valence-corrected chi connectivity index (χ1v) is 7.78. The van der Waals surface area contributed by atoms with Gasteiger partial charge in [0.1, 0.15) is 0 Å². The maximum atomic E-state index is 6.11. The topological polar surface area (TPSA) is 29.3 Å². The van der Waals surface area contributed by atoms with Gasteiger partial charge in [0.05, 0.1) is 0 Å². The van der Waals surface area contributed by atoms with Crippen LogP contribution in [-0.4, -0.2) is 30.1 Å². The first-order valence-electron chi connectivity index (χ1n) is 7.78. The Morgan fingerprint density at radius 2 is 1.95 bits per heavy atom. The van der Waals surface area contributed by atoms with Crippen molar-refractivity contribution < 1.29 is 0 Å². The van der Waals surface area contributed by atoms with Crippen LogP contribution in [0.4, 0.5) is 0 Å². The van der Waals surface area contributed by atoms with Crippen molar-refractivity contribution in [3.8, 4) is 0 Å². The third-order valence-electron chi connectivity index (χ3n) is 4.36. The maximum Gasteiger partial charge on any atom is 0.0287 e. The Kier molecular flexibility index (Phi) is 5.41. The van der Waals surface area contributed by atoms with E-state index in [0.29, 0.717) is 12.0 Å². The lowest BCUT2D eigenvalue weighted by Gasteiger charge is -2.35. The van der Waals surface area contributed by atoms with Gasteiger partial charge in [-0.15, -0.1) is 0 Å². The zero-order valence-corrected chi connectivity index (χ0v) is 12.4. The van der Waals surface area contributed by atoms with Crippen molar-refractivity contribution in [2.75, 3.05) is 13.1 Å². The summed E-state index contributed by atoms with van der Waals surface area (Å²) in [4.78, 5) is 2.68. The zero-order valence-electron chi connectivity index (χ0n) is 12.4. The van der Waals surface area contributed by atoms with Gasteiger partial charge in [-0.05, 0) is 37.3 Å². The van der Waals surface area contributed by atoms with Gasteiger partial charge in [-0.1, -0.05) is 50.6 Å². The molecule has 19 heavy (non-hydrogen) atoms. The summed E-state index contributed by atoms with van der Waals surface area (Å²) in [5.41, 5.74) is 7.52. The highest BCUT2D eigenvalue weighted by Gasteiger charge is 2.35. The third kappa shape index (κ3) is 3.80. The van der Waals surface area contributed by atoms with E-state index in [1.165, 1.54) is 37.8 Å². The average Bonchev–Trinajstić information content (AvgIpc) is 3.28. The van der Waals surface area contributed by atoms with Crippen molar-refractivity contribution in [2.24, 2.45) is 5.73 Å². The summed E-state index contributed by atoms with van der Waals surface area (Å²) >= 11 is 0. The molecule has 1 aliphatic rings. The molecule has 2 heteroatoms. The monoisotopic (exact) mass is 260 g/mol. The first kappa shape index (κ1) is 14.5. The highest BCUT2D eigenvalue weighted by atomic mass is 15.2. The molecule has 0 radical (unpaired) electrons. The van der Waals surface area contributed by atoms with Crippen molar-refractivity contribution in [3.05, 3.63) is 35.9 Å². The molecule has 1 aromatic carbocycles. The molecule has 2 nitrogen and oxygen atoms in total. The van der Waals surface area contributed by atoms with E-state index in [1.54, 1.807) is 0 Å².